The Kier molecular flexibility index (Phi) is 6.84. The SMILES string of the molecule is CC(C)N(C(=O)c1ccc(CS(=O)(=O)c2ccccc2)o1)c1ccc(Nc2ccccc2)cc1. The molecule has 4 rings (SSSR count). The van der Waals surface area contributed by atoms with Gasteiger partial charge < -0.3 is 14.6 Å². The van der Waals surface area contributed by atoms with Crippen LogP contribution in [0, 0.1) is 0 Å². The molecule has 7 heteroatoms. The van der Waals surface area contributed by atoms with Crippen LogP contribution < -0.4 is 10.2 Å². The van der Waals surface area contributed by atoms with Gasteiger partial charge in [0.2, 0.25) is 0 Å². The van der Waals surface area contributed by atoms with Crippen molar-refractivity contribution in [3.63, 3.8) is 0 Å². The van der Waals surface area contributed by atoms with Crippen molar-refractivity contribution in [3.05, 3.63) is 109 Å². The first-order chi connectivity index (χ1) is 16.3. The molecule has 34 heavy (non-hydrogen) atoms. The second-order valence-corrected chi connectivity index (χ2v) is 10.1. The van der Waals surface area contributed by atoms with Crippen LogP contribution in [-0.4, -0.2) is 20.4 Å². The molecule has 0 fully saturated rings. The first kappa shape index (κ1) is 23.3. The fourth-order valence-electron chi connectivity index (χ4n) is 3.63. The summed E-state index contributed by atoms with van der Waals surface area (Å²) >= 11 is 0. The normalized spacial score (nSPS) is 11.4. The fraction of sp³-hybridized carbons (Fsp3) is 0.148. The number of furan rings is 1. The maximum Gasteiger partial charge on any atom is 0.294 e. The highest BCUT2D eigenvalue weighted by atomic mass is 32.2. The monoisotopic (exact) mass is 474 g/mol. The third-order valence-electron chi connectivity index (χ3n) is 5.25. The van der Waals surface area contributed by atoms with Crippen LogP contribution in [0.3, 0.4) is 0 Å². The van der Waals surface area contributed by atoms with E-state index in [0.29, 0.717) is 5.69 Å². The molecule has 0 radical (unpaired) electrons. The highest BCUT2D eigenvalue weighted by Crippen LogP contribution is 2.26. The predicted molar refractivity (Wildman–Crippen MR) is 134 cm³/mol. The summed E-state index contributed by atoms with van der Waals surface area (Å²) in [6.45, 7) is 3.83. The summed E-state index contributed by atoms with van der Waals surface area (Å²) in [6, 6.07) is 28.5. The summed E-state index contributed by atoms with van der Waals surface area (Å²) in [5.74, 6) is -0.329. The molecule has 1 amide bonds. The Labute approximate surface area is 199 Å². The molecule has 0 aliphatic heterocycles. The number of hydrogen-bond acceptors (Lipinski definition) is 5. The number of amides is 1. The number of benzene rings is 3. The fourth-order valence-corrected chi connectivity index (χ4v) is 4.90. The lowest BCUT2D eigenvalue weighted by molar-refractivity contribution is 0.0952. The van der Waals surface area contributed by atoms with E-state index in [0.717, 1.165) is 11.4 Å². The van der Waals surface area contributed by atoms with E-state index in [2.05, 4.69) is 5.32 Å². The van der Waals surface area contributed by atoms with Gasteiger partial charge in [-0.3, -0.25) is 4.79 Å². The number of nitrogens with zero attached hydrogens (tertiary/aromatic N) is 1. The van der Waals surface area contributed by atoms with Gasteiger partial charge in [0, 0.05) is 23.1 Å². The quantitative estimate of drug-likeness (QED) is 0.336. The Morgan fingerprint density at radius 2 is 1.41 bits per heavy atom. The first-order valence-corrected chi connectivity index (χ1v) is 12.6. The topological polar surface area (TPSA) is 79.6 Å². The average Bonchev–Trinajstić information content (AvgIpc) is 3.29. The lowest BCUT2D eigenvalue weighted by Crippen LogP contribution is -2.36. The molecule has 0 unspecified atom stereocenters. The largest absolute Gasteiger partial charge is 0.455 e. The smallest absolute Gasteiger partial charge is 0.294 e. The summed E-state index contributed by atoms with van der Waals surface area (Å²) in [7, 11) is -3.57. The Balaban J connectivity index is 1.51. The van der Waals surface area contributed by atoms with Gasteiger partial charge >= 0.3 is 0 Å². The molecule has 0 spiro atoms. The van der Waals surface area contributed by atoms with E-state index >= 15 is 0 Å². The van der Waals surface area contributed by atoms with E-state index in [1.165, 1.54) is 6.07 Å². The second-order valence-electron chi connectivity index (χ2n) is 8.14. The van der Waals surface area contributed by atoms with Crippen molar-refractivity contribution in [2.75, 3.05) is 10.2 Å². The number of carbonyl (C=O) groups is 1. The molecule has 4 aromatic rings. The summed E-state index contributed by atoms with van der Waals surface area (Å²) in [6.07, 6.45) is 0. The number of rotatable bonds is 8. The van der Waals surface area contributed by atoms with Gasteiger partial charge in [-0.15, -0.1) is 0 Å². The van der Waals surface area contributed by atoms with E-state index in [1.54, 1.807) is 41.3 Å². The minimum Gasteiger partial charge on any atom is -0.455 e. The zero-order chi connectivity index (χ0) is 24.1. The third kappa shape index (κ3) is 5.38. The molecule has 1 N–H and O–H groups in total. The molecule has 0 aliphatic rings. The van der Waals surface area contributed by atoms with Gasteiger partial charge in [-0.2, -0.15) is 0 Å². The number of sulfone groups is 1. The van der Waals surface area contributed by atoms with Crippen molar-refractivity contribution in [2.45, 2.75) is 30.5 Å². The lowest BCUT2D eigenvalue weighted by Gasteiger charge is -2.26. The van der Waals surface area contributed by atoms with Gasteiger partial charge in [0.05, 0.1) is 4.90 Å². The molecule has 0 saturated carbocycles. The zero-order valence-electron chi connectivity index (χ0n) is 19.0. The second kappa shape index (κ2) is 9.97. The average molecular weight is 475 g/mol. The summed E-state index contributed by atoms with van der Waals surface area (Å²) < 4.78 is 31.0. The molecular weight excluding hydrogens is 448 g/mol. The molecular formula is C27H26N2O4S. The highest BCUT2D eigenvalue weighted by Gasteiger charge is 2.25. The van der Waals surface area contributed by atoms with Crippen molar-refractivity contribution in [1.82, 2.24) is 0 Å². The molecule has 0 atom stereocenters. The van der Waals surface area contributed by atoms with Gasteiger partial charge in [0.1, 0.15) is 11.5 Å². The molecule has 1 heterocycles. The molecule has 0 bridgehead atoms. The third-order valence-corrected chi connectivity index (χ3v) is 6.91. The Hall–Kier alpha value is -3.84. The molecule has 3 aromatic carbocycles. The van der Waals surface area contributed by atoms with E-state index in [9.17, 15) is 13.2 Å². The van der Waals surface area contributed by atoms with Crippen LogP contribution in [0.1, 0.15) is 30.2 Å². The maximum atomic E-state index is 13.3. The molecule has 6 nitrogen and oxygen atoms in total. The van der Waals surface area contributed by atoms with Crippen molar-refractivity contribution < 1.29 is 17.6 Å². The van der Waals surface area contributed by atoms with Crippen molar-refractivity contribution in [2.24, 2.45) is 0 Å². The van der Waals surface area contributed by atoms with Crippen LogP contribution in [0.2, 0.25) is 0 Å². The number of para-hydroxylation sites is 1. The van der Waals surface area contributed by atoms with E-state index in [-0.39, 0.29) is 34.1 Å². The minimum absolute atomic E-state index is 0.0958. The summed E-state index contributed by atoms with van der Waals surface area (Å²) in [5.41, 5.74) is 2.59. The summed E-state index contributed by atoms with van der Waals surface area (Å²) in [5, 5.41) is 3.32. The Bertz CT molecular complexity index is 1350. The lowest BCUT2D eigenvalue weighted by atomic mass is 10.2. The van der Waals surface area contributed by atoms with Gasteiger partial charge in [-0.1, -0.05) is 36.4 Å². The van der Waals surface area contributed by atoms with Gasteiger partial charge in [0.25, 0.3) is 5.91 Å². The number of anilines is 3. The zero-order valence-corrected chi connectivity index (χ0v) is 19.8. The first-order valence-electron chi connectivity index (χ1n) is 11.0. The number of nitrogens with one attached hydrogen (secondary N) is 1. The van der Waals surface area contributed by atoms with Crippen molar-refractivity contribution in [3.8, 4) is 0 Å². The molecule has 0 aliphatic carbocycles. The van der Waals surface area contributed by atoms with Gasteiger partial charge in [0.15, 0.2) is 15.6 Å². The van der Waals surface area contributed by atoms with Crippen LogP contribution in [0.5, 0.6) is 0 Å². The predicted octanol–water partition coefficient (Wildman–Crippen LogP) is 6.05. The molecule has 174 valence electrons. The number of hydrogen-bond donors (Lipinski definition) is 1. The number of carbonyl (C=O) groups excluding carboxylic acids is 1. The maximum absolute atomic E-state index is 13.3. The van der Waals surface area contributed by atoms with E-state index in [1.807, 2.05) is 68.4 Å². The van der Waals surface area contributed by atoms with E-state index < -0.39 is 9.84 Å². The molecule has 0 saturated heterocycles. The van der Waals surface area contributed by atoms with Gasteiger partial charge in [-0.25, -0.2) is 8.42 Å². The molecule has 1 aromatic heterocycles. The van der Waals surface area contributed by atoms with E-state index in [4.69, 9.17) is 4.42 Å². The van der Waals surface area contributed by atoms with Crippen molar-refractivity contribution >= 4 is 32.8 Å². The Morgan fingerprint density at radius 1 is 0.824 bits per heavy atom. The van der Waals surface area contributed by atoms with Crippen LogP contribution in [0.4, 0.5) is 17.1 Å². The standard InChI is InChI=1S/C27H26N2O4S/c1-20(2)29(23-15-13-22(14-16-23)28-21-9-5-3-6-10-21)27(30)26-18-17-24(33-26)19-34(31,32)25-11-7-4-8-12-25/h3-18,20,28H,19H2,1-2H3. The Morgan fingerprint density at radius 3 is 2.03 bits per heavy atom. The van der Waals surface area contributed by atoms with Gasteiger partial charge in [-0.05, 0) is 74.5 Å². The highest BCUT2D eigenvalue weighted by molar-refractivity contribution is 7.90. The van der Waals surface area contributed by atoms with Crippen LogP contribution in [-0.2, 0) is 15.6 Å². The van der Waals surface area contributed by atoms with Crippen LogP contribution >= 0.6 is 0 Å². The van der Waals surface area contributed by atoms with Crippen molar-refractivity contribution in [1.29, 1.82) is 0 Å². The van der Waals surface area contributed by atoms with Crippen LogP contribution in [0.25, 0.3) is 0 Å². The van der Waals surface area contributed by atoms with Crippen LogP contribution in [0.15, 0.2) is 106 Å². The minimum atomic E-state index is -3.57. The summed E-state index contributed by atoms with van der Waals surface area (Å²) in [4.78, 5) is 15.1.